The normalized spacial score (nSPS) is 19.8. The lowest BCUT2D eigenvalue weighted by Crippen LogP contribution is -2.43. The van der Waals surface area contributed by atoms with Crippen molar-refractivity contribution in [2.24, 2.45) is 0 Å². The molecule has 1 fully saturated rings. The summed E-state index contributed by atoms with van der Waals surface area (Å²) in [5, 5.41) is 0. The number of ether oxygens (including phenoxy) is 1. The van der Waals surface area contributed by atoms with Crippen molar-refractivity contribution in [2.45, 2.75) is 25.1 Å². The van der Waals surface area contributed by atoms with Gasteiger partial charge >= 0.3 is 6.18 Å². The molecule has 1 unspecified atom stereocenters. The fourth-order valence-electron chi connectivity index (χ4n) is 3.63. The number of carbonyl (C=O) groups excluding carboxylic acids is 1. The summed E-state index contributed by atoms with van der Waals surface area (Å²) < 4.78 is 43.9. The summed E-state index contributed by atoms with van der Waals surface area (Å²) >= 11 is 0. The van der Waals surface area contributed by atoms with Crippen LogP contribution in [-0.2, 0) is 17.4 Å². The maximum absolute atomic E-state index is 12.9. The van der Waals surface area contributed by atoms with Crippen LogP contribution in [0.4, 0.5) is 19.0 Å². The minimum absolute atomic E-state index is 0.0431. The van der Waals surface area contributed by atoms with Crippen molar-refractivity contribution in [3.63, 3.8) is 0 Å². The smallest absolute Gasteiger partial charge is 0.417 e. The highest BCUT2D eigenvalue weighted by atomic mass is 19.4. The Bertz CT molecular complexity index is 830. The van der Waals surface area contributed by atoms with E-state index >= 15 is 0 Å². The van der Waals surface area contributed by atoms with Crippen LogP contribution in [0, 0.1) is 0 Å². The van der Waals surface area contributed by atoms with E-state index in [1.807, 2.05) is 29.2 Å². The minimum atomic E-state index is -4.40. The first-order valence-electron chi connectivity index (χ1n) is 9.23. The molecule has 0 radical (unpaired) electrons. The number of benzene rings is 1. The van der Waals surface area contributed by atoms with E-state index in [9.17, 15) is 18.0 Å². The highest BCUT2D eigenvalue weighted by molar-refractivity contribution is 5.82. The molecule has 1 amide bonds. The molecule has 28 heavy (non-hydrogen) atoms. The maximum atomic E-state index is 12.9. The molecular weight excluding hydrogens is 371 g/mol. The highest BCUT2D eigenvalue weighted by Crippen LogP contribution is 2.30. The van der Waals surface area contributed by atoms with Crippen molar-refractivity contribution in [2.75, 3.05) is 31.1 Å². The first-order valence-corrected chi connectivity index (χ1v) is 9.23. The lowest BCUT2D eigenvalue weighted by atomic mass is 10.1. The predicted octanol–water partition coefficient (Wildman–Crippen LogP) is 3.14. The molecule has 5 nitrogen and oxygen atoms in total. The second-order valence-electron chi connectivity index (χ2n) is 6.99. The van der Waals surface area contributed by atoms with Crippen LogP contribution in [0.2, 0.25) is 0 Å². The molecule has 0 spiro atoms. The second-order valence-corrected chi connectivity index (χ2v) is 6.99. The van der Waals surface area contributed by atoms with Crippen LogP contribution >= 0.6 is 0 Å². The zero-order valence-electron chi connectivity index (χ0n) is 15.2. The van der Waals surface area contributed by atoms with E-state index in [2.05, 4.69) is 4.98 Å². The Labute approximate surface area is 160 Å². The van der Waals surface area contributed by atoms with Crippen molar-refractivity contribution < 1.29 is 22.7 Å². The van der Waals surface area contributed by atoms with Crippen molar-refractivity contribution in [3.05, 3.63) is 53.7 Å². The number of rotatable bonds is 2. The number of fused-ring (bicyclic) bond motifs is 1. The molecule has 1 saturated heterocycles. The molecule has 1 aromatic heterocycles. The van der Waals surface area contributed by atoms with Gasteiger partial charge in [0.2, 0.25) is 0 Å². The zero-order valence-corrected chi connectivity index (χ0v) is 15.2. The van der Waals surface area contributed by atoms with Gasteiger partial charge in [0.15, 0.2) is 6.10 Å². The third kappa shape index (κ3) is 3.76. The molecule has 148 valence electrons. The number of alkyl halides is 3. The Balaban J connectivity index is 1.38. The number of pyridine rings is 1. The Morgan fingerprint density at radius 2 is 1.89 bits per heavy atom. The molecule has 4 rings (SSSR count). The fourth-order valence-corrected chi connectivity index (χ4v) is 3.63. The van der Waals surface area contributed by atoms with Crippen LogP contribution in [-0.4, -0.2) is 48.1 Å². The molecule has 2 aliphatic rings. The quantitative estimate of drug-likeness (QED) is 0.789. The van der Waals surface area contributed by atoms with Gasteiger partial charge < -0.3 is 14.5 Å². The Kier molecular flexibility index (Phi) is 4.87. The number of hydrogen-bond donors (Lipinski definition) is 0. The molecule has 1 aromatic carbocycles. The molecule has 3 heterocycles. The lowest BCUT2D eigenvalue weighted by Gasteiger charge is -2.24. The van der Waals surface area contributed by atoms with Crippen LogP contribution in [0.25, 0.3) is 0 Å². The van der Waals surface area contributed by atoms with Gasteiger partial charge in [0.1, 0.15) is 11.6 Å². The second kappa shape index (κ2) is 7.33. The van der Waals surface area contributed by atoms with E-state index in [0.717, 1.165) is 23.6 Å². The first-order chi connectivity index (χ1) is 13.4. The number of hydrogen-bond acceptors (Lipinski definition) is 4. The third-order valence-electron chi connectivity index (χ3n) is 5.13. The number of carbonyl (C=O) groups is 1. The van der Waals surface area contributed by atoms with E-state index in [0.29, 0.717) is 44.8 Å². The average molecular weight is 391 g/mol. The number of halogens is 3. The number of amides is 1. The third-order valence-corrected chi connectivity index (χ3v) is 5.13. The molecule has 0 saturated carbocycles. The Hall–Kier alpha value is -2.77. The number of anilines is 1. The molecule has 1 atom stereocenters. The summed E-state index contributed by atoms with van der Waals surface area (Å²) in [6, 6.07) is 10.1. The first kappa shape index (κ1) is 18.6. The van der Waals surface area contributed by atoms with E-state index in [1.54, 1.807) is 4.90 Å². The van der Waals surface area contributed by atoms with Gasteiger partial charge in [-0.05, 0) is 30.2 Å². The standard InChI is InChI=1S/C20H20F3N3O2/c21-20(22,23)15-6-7-18(24-13-15)25-8-3-9-26(11-10-25)19(27)17-12-14-4-1-2-5-16(14)28-17/h1-2,4-7,13,17H,3,8-12H2. The molecule has 2 aromatic rings. The van der Waals surface area contributed by atoms with Crippen molar-refractivity contribution in [1.29, 1.82) is 0 Å². The molecule has 0 N–H and O–H groups in total. The van der Waals surface area contributed by atoms with Gasteiger partial charge in [0.25, 0.3) is 5.91 Å². The summed E-state index contributed by atoms with van der Waals surface area (Å²) in [6.45, 7) is 2.22. The number of para-hydroxylation sites is 1. The lowest BCUT2D eigenvalue weighted by molar-refractivity contribution is -0.138. The average Bonchev–Trinajstić information content (AvgIpc) is 2.96. The summed E-state index contributed by atoms with van der Waals surface area (Å²) in [5.74, 6) is 1.21. The summed E-state index contributed by atoms with van der Waals surface area (Å²) in [5.41, 5.74) is 0.270. The van der Waals surface area contributed by atoms with Crippen LogP contribution in [0.15, 0.2) is 42.6 Å². The number of aromatic nitrogens is 1. The van der Waals surface area contributed by atoms with Crippen LogP contribution < -0.4 is 9.64 Å². The summed E-state index contributed by atoms with van der Waals surface area (Å²) in [6.07, 6.45) is -2.77. The molecule has 0 bridgehead atoms. The van der Waals surface area contributed by atoms with E-state index < -0.39 is 17.8 Å². The largest absolute Gasteiger partial charge is 0.480 e. The topological polar surface area (TPSA) is 45.7 Å². The van der Waals surface area contributed by atoms with E-state index in [-0.39, 0.29) is 5.91 Å². The van der Waals surface area contributed by atoms with E-state index in [4.69, 9.17) is 4.74 Å². The van der Waals surface area contributed by atoms with Crippen molar-refractivity contribution in [1.82, 2.24) is 9.88 Å². The van der Waals surface area contributed by atoms with Gasteiger partial charge in [-0.1, -0.05) is 18.2 Å². The van der Waals surface area contributed by atoms with Crippen molar-refractivity contribution >= 4 is 11.7 Å². The molecule has 2 aliphatic heterocycles. The molecule has 0 aliphatic carbocycles. The highest BCUT2D eigenvalue weighted by Gasteiger charge is 2.33. The van der Waals surface area contributed by atoms with Gasteiger partial charge in [-0.3, -0.25) is 4.79 Å². The van der Waals surface area contributed by atoms with Gasteiger partial charge in [-0.2, -0.15) is 13.2 Å². The summed E-state index contributed by atoms with van der Waals surface area (Å²) in [4.78, 5) is 20.5. The monoisotopic (exact) mass is 391 g/mol. The van der Waals surface area contributed by atoms with Gasteiger partial charge in [-0.15, -0.1) is 0 Å². The fraction of sp³-hybridized carbons (Fsp3) is 0.400. The van der Waals surface area contributed by atoms with Gasteiger partial charge in [0, 0.05) is 38.8 Å². The number of nitrogens with zero attached hydrogens (tertiary/aromatic N) is 3. The Morgan fingerprint density at radius 1 is 1.07 bits per heavy atom. The zero-order chi connectivity index (χ0) is 19.7. The minimum Gasteiger partial charge on any atom is -0.480 e. The van der Waals surface area contributed by atoms with E-state index in [1.165, 1.54) is 6.07 Å². The van der Waals surface area contributed by atoms with Gasteiger partial charge in [0.05, 0.1) is 5.56 Å². The van der Waals surface area contributed by atoms with Crippen LogP contribution in [0.5, 0.6) is 5.75 Å². The maximum Gasteiger partial charge on any atom is 0.417 e. The van der Waals surface area contributed by atoms with Crippen molar-refractivity contribution in [3.8, 4) is 5.75 Å². The summed E-state index contributed by atoms with van der Waals surface area (Å²) in [7, 11) is 0. The van der Waals surface area contributed by atoms with Crippen LogP contribution in [0.3, 0.4) is 0 Å². The Morgan fingerprint density at radius 3 is 2.61 bits per heavy atom. The molecular formula is C20H20F3N3O2. The van der Waals surface area contributed by atoms with Gasteiger partial charge in [-0.25, -0.2) is 4.98 Å². The molecule has 8 heteroatoms. The predicted molar refractivity (Wildman–Crippen MR) is 97.2 cm³/mol. The van der Waals surface area contributed by atoms with Crippen LogP contribution in [0.1, 0.15) is 17.5 Å². The SMILES string of the molecule is O=C(C1Cc2ccccc2O1)N1CCCN(c2ccc(C(F)(F)F)cn2)CC1.